The Bertz CT molecular complexity index is 745. The van der Waals surface area contributed by atoms with Crippen molar-refractivity contribution in [2.24, 2.45) is 0 Å². The van der Waals surface area contributed by atoms with Crippen LogP contribution in [0.3, 0.4) is 0 Å². The normalized spacial score (nSPS) is 10.9. The fourth-order valence-corrected chi connectivity index (χ4v) is 1.88. The van der Waals surface area contributed by atoms with Crippen LogP contribution >= 0.6 is 0 Å². The fourth-order valence-electron chi connectivity index (χ4n) is 1.88. The highest BCUT2D eigenvalue weighted by Crippen LogP contribution is 2.31. The van der Waals surface area contributed by atoms with E-state index in [1.54, 1.807) is 0 Å². The van der Waals surface area contributed by atoms with Crippen molar-refractivity contribution in [2.45, 2.75) is 6.18 Å². The Kier molecular flexibility index (Phi) is 4.54. The molecule has 120 valence electrons. The molecular weight excluding hydrogens is 313 g/mol. The Hall–Kier alpha value is -3.03. The second kappa shape index (κ2) is 6.39. The molecule has 0 saturated heterocycles. The van der Waals surface area contributed by atoms with Crippen molar-refractivity contribution in [3.8, 4) is 5.75 Å². The third-order valence-electron chi connectivity index (χ3n) is 2.94. The number of aromatic hydroxyl groups is 1. The maximum Gasteiger partial charge on any atom is 0.416 e. The number of rotatable bonds is 4. The minimum Gasteiger partial charge on any atom is -0.505 e. The van der Waals surface area contributed by atoms with E-state index in [2.05, 4.69) is 10.6 Å². The van der Waals surface area contributed by atoms with Gasteiger partial charge in [-0.3, -0.25) is 9.59 Å². The zero-order valence-corrected chi connectivity index (χ0v) is 11.5. The summed E-state index contributed by atoms with van der Waals surface area (Å²) in [7, 11) is 0. The van der Waals surface area contributed by atoms with Gasteiger partial charge in [0.15, 0.2) is 5.75 Å². The second-order valence-corrected chi connectivity index (χ2v) is 4.50. The molecule has 2 amide bonds. The van der Waals surface area contributed by atoms with Crippen LogP contribution in [0.2, 0.25) is 0 Å². The second-order valence-electron chi connectivity index (χ2n) is 4.50. The minimum atomic E-state index is -4.53. The van der Waals surface area contributed by atoms with Crippen LogP contribution in [-0.2, 0) is 11.0 Å². The monoisotopic (exact) mass is 324 g/mol. The van der Waals surface area contributed by atoms with Gasteiger partial charge < -0.3 is 15.7 Å². The van der Waals surface area contributed by atoms with Crippen molar-refractivity contribution in [1.29, 1.82) is 0 Å². The maximum absolute atomic E-state index is 12.6. The first-order valence-electron chi connectivity index (χ1n) is 6.33. The number of nitrogens with one attached hydrogen (secondary N) is 2. The summed E-state index contributed by atoms with van der Waals surface area (Å²) in [6.07, 6.45) is -4.21. The highest BCUT2D eigenvalue weighted by atomic mass is 19.4. The Morgan fingerprint density at radius 2 is 1.83 bits per heavy atom. The maximum atomic E-state index is 12.6. The van der Waals surface area contributed by atoms with E-state index in [1.807, 2.05) is 0 Å². The van der Waals surface area contributed by atoms with Crippen LogP contribution < -0.4 is 10.6 Å². The Morgan fingerprint density at radius 3 is 2.48 bits per heavy atom. The lowest BCUT2D eigenvalue weighted by Gasteiger charge is -2.11. The molecule has 0 bridgehead atoms. The largest absolute Gasteiger partial charge is 0.505 e. The zero-order valence-electron chi connectivity index (χ0n) is 11.5. The Labute approximate surface area is 128 Å². The summed E-state index contributed by atoms with van der Waals surface area (Å²) >= 11 is 0. The molecule has 2 aromatic rings. The van der Waals surface area contributed by atoms with Gasteiger partial charge in [0.25, 0.3) is 5.91 Å². The number of hydrogen-bond donors (Lipinski definition) is 3. The van der Waals surface area contributed by atoms with Crippen molar-refractivity contribution in [1.82, 2.24) is 0 Å². The van der Waals surface area contributed by atoms with Gasteiger partial charge >= 0.3 is 6.18 Å². The molecule has 2 aromatic carbocycles. The number of hydrogen-bond acceptors (Lipinski definition) is 3. The first-order chi connectivity index (χ1) is 10.8. The number of alkyl halides is 3. The summed E-state index contributed by atoms with van der Waals surface area (Å²) in [6.45, 7) is 0. The first kappa shape index (κ1) is 16.3. The molecule has 0 aliphatic rings. The van der Waals surface area contributed by atoms with Gasteiger partial charge in [0.1, 0.15) is 0 Å². The van der Waals surface area contributed by atoms with Crippen molar-refractivity contribution >= 4 is 23.7 Å². The summed E-state index contributed by atoms with van der Waals surface area (Å²) in [5, 5.41) is 14.4. The van der Waals surface area contributed by atoms with Gasteiger partial charge in [-0.05, 0) is 30.3 Å². The Balaban J connectivity index is 2.26. The van der Waals surface area contributed by atoms with E-state index >= 15 is 0 Å². The highest BCUT2D eigenvalue weighted by Gasteiger charge is 2.30. The van der Waals surface area contributed by atoms with Gasteiger partial charge in [0, 0.05) is 5.69 Å². The van der Waals surface area contributed by atoms with Gasteiger partial charge in [-0.25, -0.2) is 0 Å². The summed E-state index contributed by atoms with van der Waals surface area (Å²) in [6, 6.07) is 8.15. The fraction of sp³-hybridized carbons (Fsp3) is 0.0667. The third-order valence-corrected chi connectivity index (χ3v) is 2.94. The summed E-state index contributed by atoms with van der Waals surface area (Å²) in [4.78, 5) is 22.5. The van der Waals surface area contributed by atoms with E-state index in [0.29, 0.717) is 6.41 Å². The number of amides is 2. The van der Waals surface area contributed by atoms with Crippen LogP contribution in [-0.4, -0.2) is 17.4 Å². The minimum absolute atomic E-state index is 0.0108. The van der Waals surface area contributed by atoms with Crippen molar-refractivity contribution in [3.05, 3.63) is 53.6 Å². The molecule has 0 atom stereocenters. The number of para-hydroxylation sites is 1. The molecule has 2 rings (SSSR count). The molecule has 0 aliphatic carbocycles. The number of carbonyl (C=O) groups is 2. The quantitative estimate of drug-likeness (QED) is 0.597. The smallest absolute Gasteiger partial charge is 0.416 e. The van der Waals surface area contributed by atoms with Crippen molar-refractivity contribution in [3.63, 3.8) is 0 Å². The molecule has 23 heavy (non-hydrogen) atoms. The van der Waals surface area contributed by atoms with E-state index in [0.717, 1.165) is 18.2 Å². The van der Waals surface area contributed by atoms with Crippen molar-refractivity contribution < 1.29 is 27.9 Å². The number of phenolic OH excluding ortho intramolecular Hbond substituents is 1. The average molecular weight is 324 g/mol. The van der Waals surface area contributed by atoms with Crippen LogP contribution in [0.15, 0.2) is 42.5 Å². The van der Waals surface area contributed by atoms with Gasteiger partial charge in [0.2, 0.25) is 6.41 Å². The van der Waals surface area contributed by atoms with Gasteiger partial charge in [0.05, 0.1) is 16.8 Å². The van der Waals surface area contributed by atoms with Gasteiger partial charge in [-0.15, -0.1) is 0 Å². The first-order valence-corrected chi connectivity index (χ1v) is 6.33. The summed E-state index contributed by atoms with van der Waals surface area (Å²) < 4.78 is 37.9. The van der Waals surface area contributed by atoms with Gasteiger partial charge in [-0.1, -0.05) is 12.1 Å². The van der Waals surface area contributed by atoms with Crippen LogP contribution in [0.4, 0.5) is 24.5 Å². The molecule has 3 N–H and O–H groups in total. The highest BCUT2D eigenvalue weighted by molar-refractivity contribution is 6.07. The van der Waals surface area contributed by atoms with Crippen LogP contribution in [0, 0.1) is 0 Å². The average Bonchev–Trinajstić information content (AvgIpc) is 2.49. The lowest BCUT2D eigenvalue weighted by atomic mass is 10.1. The Morgan fingerprint density at radius 1 is 1.13 bits per heavy atom. The molecule has 0 aromatic heterocycles. The molecule has 0 unspecified atom stereocenters. The molecular formula is C15H11F3N2O3. The van der Waals surface area contributed by atoms with E-state index in [9.17, 15) is 27.9 Å². The van der Waals surface area contributed by atoms with E-state index in [1.165, 1.54) is 24.3 Å². The zero-order chi connectivity index (χ0) is 17.0. The number of anilines is 2. The number of phenols is 1. The van der Waals surface area contributed by atoms with Crippen molar-refractivity contribution in [2.75, 3.05) is 10.6 Å². The molecule has 5 nitrogen and oxygen atoms in total. The molecule has 0 fully saturated rings. The molecule has 0 spiro atoms. The van der Waals surface area contributed by atoms with Crippen LogP contribution in [0.5, 0.6) is 5.75 Å². The predicted molar refractivity (Wildman–Crippen MR) is 77.2 cm³/mol. The number of carbonyl (C=O) groups excluding carboxylic acids is 2. The molecule has 0 saturated carbocycles. The molecule has 0 aliphatic heterocycles. The SMILES string of the molecule is O=CNc1cccc(C(=O)Nc2cccc(C(F)(F)F)c2)c1O. The lowest BCUT2D eigenvalue weighted by molar-refractivity contribution is -0.137. The van der Waals surface area contributed by atoms with Crippen LogP contribution in [0.25, 0.3) is 0 Å². The van der Waals surface area contributed by atoms with Crippen LogP contribution in [0.1, 0.15) is 15.9 Å². The predicted octanol–water partition coefficient (Wildman–Crippen LogP) is 3.23. The number of halogens is 3. The molecule has 0 radical (unpaired) electrons. The van der Waals surface area contributed by atoms with E-state index in [4.69, 9.17) is 0 Å². The lowest BCUT2D eigenvalue weighted by Crippen LogP contribution is -2.14. The van der Waals surface area contributed by atoms with Gasteiger partial charge in [-0.2, -0.15) is 13.2 Å². The summed E-state index contributed by atoms with van der Waals surface area (Å²) in [5.74, 6) is -1.29. The standard InChI is InChI=1S/C15H11F3N2O3/c16-15(17,18)9-3-1-4-10(7-9)20-14(23)11-5-2-6-12(13(11)22)19-8-21/h1-8,22H,(H,19,21)(H,20,23). The summed E-state index contributed by atoms with van der Waals surface area (Å²) in [5.41, 5.74) is -1.15. The van der Waals surface area contributed by atoms with E-state index < -0.39 is 23.4 Å². The molecule has 8 heteroatoms. The molecule has 0 heterocycles. The van der Waals surface area contributed by atoms with E-state index in [-0.39, 0.29) is 16.9 Å². The topological polar surface area (TPSA) is 78.4 Å². The number of benzene rings is 2. The third kappa shape index (κ3) is 3.79.